The summed E-state index contributed by atoms with van der Waals surface area (Å²) in [6, 6.07) is 8.17. The molecule has 1 unspecified atom stereocenters. The van der Waals surface area contributed by atoms with Crippen LogP contribution < -0.4 is 4.72 Å². The molecule has 0 aliphatic carbocycles. The molecule has 1 aromatic heterocycles. The van der Waals surface area contributed by atoms with Gasteiger partial charge in [-0.15, -0.1) is 0 Å². The van der Waals surface area contributed by atoms with Crippen molar-refractivity contribution < 1.29 is 18.3 Å². The smallest absolute Gasteiger partial charge is 0.261 e. The number of benzene rings is 1. The highest BCUT2D eigenvalue weighted by Crippen LogP contribution is 2.24. The number of nitrogens with one attached hydrogen (secondary N) is 1. The van der Waals surface area contributed by atoms with Crippen LogP contribution in [0.3, 0.4) is 0 Å². The highest BCUT2D eigenvalue weighted by Gasteiger charge is 2.25. The Morgan fingerprint density at radius 2 is 2.12 bits per heavy atom. The Morgan fingerprint density at radius 3 is 2.80 bits per heavy atom. The van der Waals surface area contributed by atoms with E-state index in [-0.39, 0.29) is 17.3 Å². The van der Waals surface area contributed by atoms with Gasteiger partial charge in [0.25, 0.3) is 15.9 Å². The maximum absolute atomic E-state index is 12.6. The van der Waals surface area contributed by atoms with Crippen LogP contribution in [0.2, 0.25) is 0 Å². The molecule has 0 radical (unpaired) electrons. The van der Waals surface area contributed by atoms with E-state index in [9.17, 15) is 18.3 Å². The summed E-state index contributed by atoms with van der Waals surface area (Å²) in [6.07, 6.45) is 2.55. The van der Waals surface area contributed by atoms with E-state index < -0.39 is 16.1 Å². The quantitative estimate of drug-likeness (QED) is 0.851. The summed E-state index contributed by atoms with van der Waals surface area (Å²) in [6.45, 7) is 2.22. The zero-order chi connectivity index (χ0) is 18.0. The fraction of sp³-hybridized carbons (Fsp3) is 0.294. The number of carbonyl (C=O) groups excluding carboxylic acids is 1. The summed E-state index contributed by atoms with van der Waals surface area (Å²) < 4.78 is 27.6. The molecule has 0 saturated heterocycles. The highest BCUT2D eigenvalue weighted by atomic mass is 32.2. The average molecular weight is 361 g/mol. The second-order valence-corrected chi connectivity index (χ2v) is 7.65. The van der Waals surface area contributed by atoms with E-state index in [0.717, 1.165) is 11.1 Å². The van der Waals surface area contributed by atoms with Gasteiger partial charge in [0.05, 0.1) is 16.8 Å². The van der Waals surface area contributed by atoms with Gasteiger partial charge in [-0.3, -0.25) is 14.5 Å². The van der Waals surface area contributed by atoms with Crippen LogP contribution in [0.5, 0.6) is 0 Å². The number of sulfonamides is 1. The Hall–Kier alpha value is -2.45. The standard InChI is InChI=1S/C17H19N3O4S/c1-12(21)17(22)20-8-6-13-4-5-16(9-14(13)11-20)25(23,24)19-15-3-2-7-18-10-15/h2-5,7,9-10,12,19,21H,6,8,11H2,1H3. The second-order valence-electron chi connectivity index (χ2n) is 5.96. The molecule has 2 heterocycles. The molecule has 0 saturated carbocycles. The number of rotatable bonds is 4. The predicted octanol–water partition coefficient (Wildman–Crippen LogP) is 1.15. The van der Waals surface area contributed by atoms with Crippen LogP contribution in [0, 0.1) is 0 Å². The van der Waals surface area contributed by atoms with Crippen LogP contribution in [0.1, 0.15) is 18.1 Å². The Labute approximate surface area is 146 Å². The molecular weight excluding hydrogens is 342 g/mol. The summed E-state index contributed by atoms with van der Waals surface area (Å²) in [5.74, 6) is -0.354. The molecule has 1 aromatic carbocycles. The molecule has 2 aromatic rings. The summed E-state index contributed by atoms with van der Waals surface area (Å²) in [5.41, 5.74) is 2.16. The molecule has 1 atom stereocenters. The van der Waals surface area contributed by atoms with E-state index in [1.807, 2.05) is 0 Å². The summed E-state index contributed by atoms with van der Waals surface area (Å²) in [7, 11) is -3.74. The van der Waals surface area contributed by atoms with Crippen molar-refractivity contribution in [3.05, 3.63) is 53.9 Å². The van der Waals surface area contributed by atoms with Crippen LogP contribution in [0.4, 0.5) is 5.69 Å². The molecule has 1 aliphatic rings. The summed E-state index contributed by atoms with van der Waals surface area (Å²) in [4.78, 5) is 17.5. The number of aromatic nitrogens is 1. The molecule has 132 valence electrons. The van der Waals surface area contributed by atoms with Gasteiger partial charge in [0.2, 0.25) is 0 Å². The molecule has 0 spiro atoms. The van der Waals surface area contributed by atoms with E-state index in [4.69, 9.17) is 0 Å². The first-order valence-corrected chi connectivity index (χ1v) is 9.36. The van der Waals surface area contributed by atoms with E-state index in [0.29, 0.717) is 18.7 Å². The number of hydrogen-bond acceptors (Lipinski definition) is 5. The lowest BCUT2D eigenvalue weighted by Gasteiger charge is -2.30. The van der Waals surface area contributed by atoms with E-state index >= 15 is 0 Å². The summed E-state index contributed by atoms with van der Waals surface area (Å²) >= 11 is 0. The fourth-order valence-electron chi connectivity index (χ4n) is 2.79. The first-order valence-electron chi connectivity index (χ1n) is 7.88. The van der Waals surface area contributed by atoms with Crippen LogP contribution in [0.25, 0.3) is 0 Å². The predicted molar refractivity (Wildman–Crippen MR) is 92.3 cm³/mol. The largest absolute Gasteiger partial charge is 0.384 e. The van der Waals surface area contributed by atoms with Gasteiger partial charge in [0.1, 0.15) is 6.10 Å². The van der Waals surface area contributed by atoms with Gasteiger partial charge in [-0.2, -0.15) is 0 Å². The third-order valence-electron chi connectivity index (χ3n) is 4.08. The van der Waals surface area contributed by atoms with Crippen LogP contribution in [-0.4, -0.2) is 42.0 Å². The third-order valence-corrected chi connectivity index (χ3v) is 5.46. The minimum absolute atomic E-state index is 0.126. The lowest BCUT2D eigenvalue weighted by Crippen LogP contribution is -2.41. The number of fused-ring (bicyclic) bond motifs is 1. The number of amides is 1. The molecule has 1 aliphatic heterocycles. The van der Waals surface area contributed by atoms with Crippen molar-refractivity contribution in [2.24, 2.45) is 0 Å². The minimum atomic E-state index is -3.74. The molecule has 3 rings (SSSR count). The monoisotopic (exact) mass is 361 g/mol. The van der Waals surface area contributed by atoms with Crippen molar-refractivity contribution in [1.82, 2.24) is 9.88 Å². The Bertz CT molecular complexity index is 882. The van der Waals surface area contributed by atoms with Gasteiger partial charge < -0.3 is 10.0 Å². The first kappa shape index (κ1) is 17.4. The van der Waals surface area contributed by atoms with Crippen molar-refractivity contribution in [2.75, 3.05) is 11.3 Å². The normalized spacial score (nSPS) is 15.4. The van der Waals surface area contributed by atoms with Crippen LogP contribution in [-0.2, 0) is 27.8 Å². The van der Waals surface area contributed by atoms with Gasteiger partial charge in [0, 0.05) is 19.3 Å². The van der Waals surface area contributed by atoms with Gasteiger partial charge in [-0.05, 0) is 48.7 Å². The zero-order valence-electron chi connectivity index (χ0n) is 13.7. The fourth-order valence-corrected chi connectivity index (χ4v) is 3.88. The minimum Gasteiger partial charge on any atom is -0.384 e. The second kappa shape index (κ2) is 6.81. The third kappa shape index (κ3) is 3.80. The van der Waals surface area contributed by atoms with Crippen LogP contribution in [0.15, 0.2) is 47.6 Å². The number of aliphatic hydroxyl groups is 1. The van der Waals surface area contributed by atoms with Crippen molar-refractivity contribution in [2.45, 2.75) is 30.9 Å². The molecule has 8 heteroatoms. The number of carbonyl (C=O) groups is 1. The average Bonchev–Trinajstić information content (AvgIpc) is 2.60. The maximum Gasteiger partial charge on any atom is 0.261 e. The number of pyridine rings is 1. The molecule has 0 bridgehead atoms. The topological polar surface area (TPSA) is 99.6 Å². The molecule has 25 heavy (non-hydrogen) atoms. The van der Waals surface area contributed by atoms with Crippen molar-refractivity contribution >= 4 is 21.6 Å². The lowest BCUT2D eigenvalue weighted by atomic mass is 9.99. The zero-order valence-corrected chi connectivity index (χ0v) is 14.5. The Balaban J connectivity index is 1.86. The molecule has 7 nitrogen and oxygen atoms in total. The summed E-state index contributed by atoms with van der Waals surface area (Å²) in [5, 5.41) is 9.47. The van der Waals surface area contributed by atoms with Crippen LogP contribution >= 0.6 is 0 Å². The first-order chi connectivity index (χ1) is 11.9. The molecular formula is C17H19N3O4S. The molecule has 2 N–H and O–H groups in total. The SMILES string of the molecule is CC(O)C(=O)N1CCc2ccc(S(=O)(=O)Nc3cccnc3)cc2C1. The Morgan fingerprint density at radius 1 is 1.32 bits per heavy atom. The lowest BCUT2D eigenvalue weighted by molar-refractivity contribution is -0.140. The van der Waals surface area contributed by atoms with Crippen molar-refractivity contribution in [3.8, 4) is 0 Å². The van der Waals surface area contributed by atoms with Gasteiger partial charge in [-0.25, -0.2) is 8.42 Å². The number of anilines is 1. The number of nitrogens with zero attached hydrogens (tertiary/aromatic N) is 2. The number of hydrogen-bond donors (Lipinski definition) is 2. The van der Waals surface area contributed by atoms with E-state index in [1.165, 1.54) is 18.0 Å². The van der Waals surface area contributed by atoms with E-state index in [1.54, 1.807) is 36.5 Å². The van der Waals surface area contributed by atoms with Crippen molar-refractivity contribution in [1.29, 1.82) is 0 Å². The highest BCUT2D eigenvalue weighted by molar-refractivity contribution is 7.92. The number of aliphatic hydroxyl groups excluding tert-OH is 1. The molecule has 1 amide bonds. The van der Waals surface area contributed by atoms with Crippen molar-refractivity contribution in [3.63, 3.8) is 0 Å². The van der Waals surface area contributed by atoms with Gasteiger partial charge in [-0.1, -0.05) is 6.07 Å². The van der Waals surface area contributed by atoms with E-state index in [2.05, 4.69) is 9.71 Å². The molecule has 0 fully saturated rings. The van der Waals surface area contributed by atoms with Gasteiger partial charge in [0.15, 0.2) is 0 Å². The Kier molecular flexibility index (Phi) is 4.73. The van der Waals surface area contributed by atoms with Gasteiger partial charge >= 0.3 is 0 Å². The maximum atomic E-state index is 12.6.